The molecule has 4 unspecified atom stereocenters. The van der Waals surface area contributed by atoms with E-state index in [0.717, 1.165) is 5.56 Å². The first-order chi connectivity index (χ1) is 17.0. The Morgan fingerprint density at radius 2 is 1.83 bits per heavy atom. The van der Waals surface area contributed by atoms with Gasteiger partial charge in [0.1, 0.15) is 17.5 Å². The average Bonchev–Trinajstić information content (AvgIpc) is 3.27. The molecule has 35 heavy (non-hydrogen) atoms. The average molecular weight is 469 g/mol. The number of fused-ring (bicyclic) bond motifs is 3. The van der Waals surface area contributed by atoms with Gasteiger partial charge in [-0.1, -0.05) is 42.5 Å². The number of nitriles is 2. The van der Waals surface area contributed by atoms with Crippen LogP contribution in [0, 0.1) is 28.6 Å². The van der Waals surface area contributed by atoms with E-state index in [-0.39, 0.29) is 22.9 Å². The van der Waals surface area contributed by atoms with Crippen LogP contribution in [0.25, 0.3) is 0 Å². The van der Waals surface area contributed by atoms with Crippen molar-refractivity contribution >= 4 is 0 Å². The molecule has 1 aliphatic carbocycles. The molecule has 1 aliphatic heterocycles. The van der Waals surface area contributed by atoms with E-state index < -0.39 is 29.1 Å². The molecule has 8 nitrogen and oxygen atoms in total. The maximum Gasteiger partial charge on any atom is 0.224 e. The minimum atomic E-state index is -1.97. The molecule has 0 spiro atoms. The summed E-state index contributed by atoms with van der Waals surface area (Å²) in [4.78, 5) is 4.25. The lowest BCUT2D eigenvalue weighted by atomic mass is 9.70. The lowest BCUT2D eigenvalue weighted by Crippen LogP contribution is -2.52. The van der Waals surface area contributed by atoms with Crippen molar-refractivity contribution in [1.82, 2.24) is 10.3 Å². The highest BCUT2D eigenvalue weighted by Crippen LogP contribution is 2.69. The highest BCUT2D eigenvalue weighted by atomic mass is 16.5. The van der Waals surface area contributed by atoms with E-state index in [1.807, 2.05) is 36.4 Å². The fourth-order valence-electron chi connectivity index (χ4n) is 5.89. The Bertz CT molecular complexity index is 1350. The van der Waals surface area contributed by atoms with Crippen LogP contribution < -0.4 is 14.8 Å². The Labute approximate surface area is 203 Å². The molecule has 1 aromatic heterocycles. The van der Waals surface area contributed by atoms with Gasteiger partial charge >= 0.3 is 0 Å². The molecule has 0 radical (unpaired) electrons. The fraction of sp³-hybridized carbons (Fsp3) is 0.296. The second kappa shape index (κ2) is 8.37. The first kappa shape index (κ1) is 22.8. The van der Waals surface area contributed by atoms with Crippen molar-refractivity contribution in [3.05, 3.63) is 88.6 Å². The van der Waals surface area contributed by atoms with Gasteiger partial charge in [-0.05, 0) is 30.3 Å². The number of pyridine rings is 1. The minimum Gasteiger partial charge on any atom is -0.481 e. The summed E-state index contributed by atoms with van der Waals surface area (Å²) in [6.45, 7) is 0.395. The Morgan fingerprint density at radius 1 is 1.11 bits per heavy atom. The zero-order chi connectivity index (χ0) is 24.8. The van der Waals surface area contributed by atoms with Gasteiger partial charge in [0.2, 0.25) is 5.88 Å². The van der Waals surface area contributed by atoms with E-state index in [4.69, 9.17) is 9.47 Å². The van der Waals surface area contributed by atoms with Crippen molar-refractivity contribution in [2.75, 3.05) is 20.7 Å². The van der Waals surface area contributed by atoms with Gasteiger partial charge in [0.25, 0.3) is 0 Å². The van der Waals surface area contributed by atoms with E-state index in [9.17, 15) is 20.7 Å². The molecule has 1 saturated carbocycles. The molecule has 0 saturated heterocycles. The number of aliphatic hydroxyl groups is 2. The van der Waals surface area contributed by atoms with E-state index in [0.29, 0.717) is 17.7 Å². The number of hydrogen-bond acceptors (Lipinski definition) is 8. The van der Waals surface area contributed by atoms with Crippen LogP contribution in [0.5, 0.6) is 11.6 Å². The van der Waals surface area contributed by atoms with Gasteiger partial charge in [0, 0.05) is 24.4 Å². The predicted molar refractivity (Wildman–Crippen MR) is 125 cm³/mol. The zero-order valence-electron chi connectivity index (χ0n) is 19.3. The van der Waals surface area contributed by atoms with Crippen molar-refractivity contribution in [3.8, 4) is 23.8 Å². The highest BCUT2D eigenvalue weighted by Gasteiger charge is 2.76. The van der Waals surface area contributed by atoms with Gasteiger partial charge in [0.15, 0.2) is 11.2 Å². The van der Waals surface area contributed by atoms with Crippen molar-refractivity contribution in [2.45, 2.75) is 23.2 Å². The Kier molecular flexibility index (Phi) is 5.46. The van der Waals surface area contributed by atoms with Crippen LogP contribution >= 0.6 is 0 Å². The summed E-state index contributed by atoms with van der Waals surface area (Å²) in [5.41, 5.74) is -1.28. The first-order valence-corrected chi connectivity index (χ1v) is 11.3. The standard InChI is InChI=1S/C27H24N4O4/c1-30-15-20-22(17-6-4-3-5-7-17)27(18-10-8-16(13-28)9-11-18)26(33,24(20)32)23-21(35-27)12-19(14-29)31-25(23)34-2/h3-12,20,22,24,30,32-33H,15H2,1-2H3/t20?,22?,24?,26-,27?/m0/s1. The SMILES string of the molecule is CNCC1C(c2ccccc2)C2(c3ccc(C#N)cc3)Oc3cc(C#N)nc(OC)c3[C@]2(O)C1O. The van der Waals surface area contributed by atoms with E-state index in [1.54, 1.807) is 31.3 Å². The number of nitrogens with one attached hydrogen (secondary N) is 1. The number of methoxy groups -OCH3 is 1. The van der Waals surface area contributed by atoms with Gasteiger partial charge < -0.3 is 25.0 Å². The summed E-state index contributed by atoms with van der Waals surface area (Å²) >= 11 is 0. The number of aliphatic hydroxyl groups excluding tert-OH is 1. The summed E-state index contributed by atoms with van der Waals surface area (Å²) in [5.74, 6) is -0.723. The van der Waals surface area contributed by atoms with Gasteiger partial charge in [-0.2, -0.15) is 10.5 Å². The molecule has 3 aromatic rings. The van der Waals surface area contributed by atoms with Crippen LogP contribution in [0.3, 0.4) is 0 Å². The quantitative estimate of drug-likeness (QED) is 0.520. The maximum absolute atomic E-state index is 12.6. The third-order valence-electron chi connectivity index (χ3n) is 7.22. The van der Waals surface area contributed by atoms with E-state index in [1.165, 1.54) is 13.2 Å². The largest absolute Gasteiger partial charge is 0.481 e. The van der Waals surface area contributed by atoms with Crippen molar-refractivity contribution in [3.63, 3.8) is 0 Å². The topological polar surface area (TPSA) is 131 Å². The molecule has 176 valence electrons. The molecule has 2 heterocycles. The second-order valence-electron chi connectivity index (χ2n) is 8.85. The number of aromatic nitrogens is 1. The molecular weight excluding hydrogens is 444 g/mol. The predicted octanol–water partition coefficient (Wildman–Crippen LogP) is 2.30. The Balaban J connectivity index is 1.87. The lowest BCUT2D eigenvalue weighted by molar-refractivity contribution is -0.152. The molecule has 3 N–H and O–H groups in total. The van der Waals surface area contributed by atoms with Crippen molar-refractivity contribution in [1.29, 1.82) is 10.5 Å². The monoisotopic (exact) mass is 468 g/mol. The second-order valence-corrected chi connectivity index (χ2v) is 8.85. The molecule has 2 aliphatic rings. The summed E-state index contributed by atoms with van der Waals surface area (Å²) in [7, 11) is 3.19. The van der Waals surface area contributed by atoms with Crippen LogP contribution in [0.1, 0.15) is 33.9 Å². The number of nitrogens with zero attached hydrogens (tertiary/aromatic N) is 3. The molecule has 5 atom stereocenters. The summed E-state index contributed by atoms with van der Waals surface area (Å²) in [5, 5.41) is 46.5. The molecule has 2 aromatic carbocycles. The van der Waals surface area contributed by atoms with Gasteiger partial charge in [-0.3, -0.25) is 0 Å². The molecule has 5 rings (SSSR count). The van der Waals surface area contributed by atoms with Gasteiger partial charge in [-0.15, -0.1) is 0 Å². The van der Waals surface area contributed by atoms with Crippen LogP contribution in [-0.4, -0.2) is 42.0 Å². The third kappa shape index (κ3) is 2.98. The molecular formula is C27H24N4O4. The van der Waals surface area contributed by atoms with Crippen molar-refractivity contribution < 1.29 is 19.7 Å². The molecule has 0 bridgehead atoms. The number of benzene rings is 2. The minimum absolute atomic E-state index is 0.0213. The van der Waals surface area contributed by atoms with E-state index in [2.05, 4.69) is 16.4 Å². The maximum atomic E-state index is 12.6. The summed E-state index contributed by atoms with van der Waals surface area (Å²) < 4.78 is 12.2. The Hall–Kier alpha value is -3.95. The van der Waals surface area contributed by atoms with Gasteiger partial charge in [-0.25, -0.2) is 4.98 Å². The third-order valence-corrected chi connectivity index (χ3v) is 7.22. The summed E-state index contributed by atoms with van der Waals surface area (Å²) in [6, 6.07) is 22.0. The Morgan fingerprint density at radius 3 is 2.43 bits per heavy atom. The lowest BCUT2D eigenvalue weighted by Gasteiger charge is -2.40. The van der Waals surface area contributed by atoms with Gasteiger partial charge in [0.05, 0.1) is 30.4 Å². The first-order valence-electron chi connectivity index (χ1n) is 11.3. The highest BCUT2D eigenvalue weighted by molar-refractivity contribution is 5.60. The van der Waals surface area contributed by atoms with Crippen LogP contribution in [0.2, 0.25) is 0 Å². The number of ether oxygens (including phenoxy) is 2. The zero-order valence-corrected chi connectivity index (χ0v) is 19.3. The summed E-state index contributed by atoms with van der Waals surface area (Å²) in [6.07, 6.45) is -1.28. The smallest absolute Gasteiger partial charge is 0.224 e. The van der Waals surface area contributed by atoms with Crippen LogP contribution in [0.4, 0.5) is 0 Å². The normalized spacial score (nSPS) is 28.3. The van der Waals surface area contributed by atoms with Crippen LogP contribution in [0.15, 0.2) is 60.7 Å². The molecule has 0 amide bonds. The fourth-order valence-corrected chi connectivity index (χ4v) is 5.89. The number of hydrogen-bond donors (Lipinski definition) is 3. The number of rotatable bonds is 5. The van der Waals surface area contributed by atoms with E-state index >= 15 is 0 Å². The molecule has 1 fully saturated rings. The van der Waals surface area contributed by atoms with Crippen LogP contribution in [-0.2, 0) is 11.2 Å². The molecule has 8 heteroatoms. The van der Waals surface area contributed by atoms with Crippen molar-refractivity contribution in [2.24, 2.45) is 5.92 Å².